The molecule has 2 aromatic rings. The summed E-state index contributed by atoms with van der Waals surface area (Å²) in [6, 6.07) is 9.17. The molecule has 0 radical (unpaired) electrons. The summed E-state index contributed by atoms with van der Waals surface area (Å²) in [5.41, 5.74) is 4.62. The second-order valence-electron chi connectivity index (χ2n) is 11.3. The smallest absolute Gasteiger partial charge is 0.0974 e. The number of rotatable bonds is 2. The minimum Gasteiger partial charge on any atom is -0.381 e. The van der Waals surface area contributed by atoms with Crippen molar-refractivity contribution in [2.24, 2.45) is 11.3 Å². The Hall–Kier alpha value is -1.97. The summed E-state index contributed by atoms with van der Waals surface area (Å²) in [7, 11) is 1.87. The lowest BCUT2D eigenvalue weighted by Crippen LogP contribution is -2.54. The highest BCUT2D eigenvalue weighted by atomic mass is 16.5. The van der Waals surface area contributed by atoms with Crippen molar-refractivity contribution in [3.05, 3.63) is 65.5 Å². The maximum atomic E-state index is 7.32. The Morgan fingerprint density at radius 3 is 2.94 bits per heavy atom. The highest BCUT2D eigenvalue weighted by Gasteiger charge is 2.66. The average Bonchev–Trinajstić information content (AvgIpc) is 3.33. The summed E-state index contributed by atoms with van der Waals surface area (Å²) >= 11 is 0. The van der Waals surface area contributed by atoms with Crippen molar-refractivity contribution in [3.8, 4) is 0 Å². The molecule has 0 N–H and O–H groups in total. The van der Waals surface area contributed by atoms with Crippen LogP contribution in [0.25, 0.3) is 10.8 Å². The molecule has 1 aromatic heterocycles. The summed E-state index contributed by atoms with van der Waals surface area (Å²) in [5, 5.41) is 2.54. The van der Waals surface area contributed by atoms with E-state index in [0.29, 0.717) is 17.9 Å². The van der Waals surface area contributed by atoms with Crippen molar-refractivity contribution in [2.75, 3.05) is 7.11 Å². The van der Waals surface area contributed by atoms with Crippen LogP contribution in [-0.4, -0.2) is 29.4 Å². The summed E-state index contributed by atoms with van der Waals surface area (Å²) in [5.74, 6) is 1.16. The third-order valence-electron chi connectivity index (χ3n) is 10.0. The number of hydrogen-bond acceptors (Lipinski definition) is 3. The largest absolute Gasteiger partial charge is 0.381 e. The third kappa shape index (κ3) is 2.42. The molecule has 166 valence electrons. The first-order chi connectivity index (χ1) is 15.6. The van der Waals surface area contributed by atoms with E-state index in [4.69, 9.17) is 9.47 Å². The quantitative estimate of drug-likeness (QED) is 0.549. The fourth-order valence-corrected chi connectivity index (χ4v) is 8.43. The van der Waals surface area contributed by atoms with Gasteiger partial charge in [0, 0.05) is 31.3 Å². The van der Waals surface area contributed by atoms with Crippen LogP contribution in [0.3, 0.4) is 0 Å². The molecule has 1 aromatic carbocycles. The lowest BCUT2D eigenvalue weighted by molar-refractivity contribution is -0.147. The molecule has 2 bridgehead atoms. The highest BCUT2D eigenvalue weighted by Crippen LogP contribution is 2.69. The molecular formula is C29H33NO2. The molecular weight excluding hydrogens is 394 g/mol. The predicted molar refractivity (Wildman–Crippen MR) is 127 cm³/mol. The van der Waals surface area contributed by atoms with Gasteiger partial charge in [-0.1, -0.05) is 31.2 Å². The number of fused-ring (bicyclic) bond motifs is 2. The van der Waals surface area contributed by atoms with Crippen LogP contribution in [0.15, 0.2) is 60.0 Å². The van der Waals surface area contributed by atoms with Gasteiger partial charge in [-0.25, -0.2) is 0 Å². The zero-order chi connectivity index (χ0) is 21.6. The Labute approximate surface area is 190 Å². The zero-order valence-corrected chi connectivity index (χ0v) is 19.3. The van der Waals surface area contributed by atoms with Crippen molar-refractivity contribution >= 4 is 10.8 Å². The van der Waals surface area contributed by atoms with E-state index in [-0.39, 0.29) is 16.6 Å². The Morgan fingerprint density at radius 2 is 2.03 bits per heavy atom. The Morgan fingerprint density at radius 1 is 1.09 bits per heavy atom. The molecule has 2 spiro atoms. The van der Waals surface area contributed by atoms with Crippen molar-refractivity contribution in [2.45, 2.75) is 81.5 Å². The molecule has 5 aliphatic rings. The molecule has 6 atom stereocenters. The van der Waals surface area contributed by atoms with Gasteiger partial charge in [0.2, 0.25) is 0 Å². The molecule has 3 aliphatic carbocycles. The van der Waals surface area contributed by atoms with E-state index < -0.39 is 0 Å². The highest BCUT2D eigenvalue weighted by molar-refractivity contribution is 5.82. The Balaban J connectivity index is 1.29. The zero-order valence-electron chi connectivity index (χ0n) is 19.3. The van der Waals surface area contributed by atoms with Gasteiger partial charge in [-0.05, 0) is 96.4 Å². The van der Waals surface area contributed by atoms with Gasteiger partial charge in [-0.2, -0.15) is 0 Å². The van der Waals surface area contributed by atoms with E-state index in [9.17, 15) is 0 Å². The fraction of sp³-hybridized carbons (Fsp3) is 0.552. The van der Waals surface area contributed by atoms with E-state index in [1.807, 2.05) is 19.5 Å². The van der Waals surface area contributed by atoms with E-state index >= 15 is 0 Å². The number of benzene rings is 1. The van der Waals surface area contributed by atoms with Gasteiger partial charge in [-0.3, -0.25) is 4.98 Å². The summed E-state index contributed by atoms with van der Waals surface area (Å²) in [6.07, 6.45) is 18.7. The van der Waals surface area contributed by atoms with Crippen LogP contribution in [0.4, 0.5) is 0 Å². The van der Waals surface area contributed by atoms with Gasteiger partial charge < -0.3 is 9.47 Å². The molecule has 3 fully saturated rings. The molecule has 1 unspecified atom stereocenters. The summed E-state index contributed by atoms with van der Waals surface area (Å²) < 4.78 is 13.1. The second-order valence-corrected chi connectivity index (χ2v) is 11.3. The number of pyridine rings is 1. The Kier molecular flexibility index (Phi) is 3.99. The number of hydrogen-bond donors (Lipinski definition) is 0. The van der Waals surface area contributed by atoms with E-state index in [0.717, 1.165) is 32.1 Å². The minimum atomic E-state index is -0.0840. The number of methoxy groups -OCH3 is 1. The number of aromatic nitrogens is 1. The third-order valence-corrected chi connectivity index (χ3v) is 10.0. The average molecular weight is 428 g/mol. The van der Waals surface area contributed by atoms with Crippen molar-refractivity contribution < 1.29 is 9.47 Å². The maximum Gasteiger partial charge on any atom is 0.0974 e. The molecule has 0 amide bonds. The number of ether oxygens (including phenoxy) is 2. The van der Waals surface area contributed by atoms with Crippen molar-refractivity contribution in [1.29, 1.82) is 0 Å². The lowest BCUT2D eigenvalue weighted by Gasteiger charge is -2.54. The van der Waals surface area contributed by atoms with Crippen LogP contribution >= 0.6 is 0 Å². The molecule has 2 aliphatic heterocycles. The number of nitrogens with zero attached hydrogens (tertiary/aromatic N) is 1. The SMILES string of the molecule is CO[C@H]1CCC2=CC3=CC[C@]4(C)C(c5ccc6ccncc6c5)CC[C@H]4[C@@]34CC[C@]2(C1)O4. The first-order valence-corrected chi connectivity index (χ1v) is 12.5. The fourth-order valence-electron chi connectivity index (χ4n) is 8.43. The predicted octanol–water partition coefficient (Wildman–Crippen LogP) is 6.49. The van der Waals surface area contributed by atoms with Gasteiger partial charge in [0.15, 0.2) is 0 Å². The van der Waals surface area contributed by atoms with Gasteiger partial charge in [0.25, 0.3) is 0 Å². The first-order valence-electron chi connectivity index (χ1n) is 12.5. The molecule has 7 rings (SSSR count). The van der Waals surface area contributed by atoms with Gasteiger partial charge >= 0.3 is 0 Å². The lowest BCUT2D eigenvalue weighted by atomic mass is 9.58. The molecule has 3 heteroatoms. The standard InChI is InChI=1S/C29H33NO2/c1-27-11-9-23-16-22-5-6-24(31-2)17-28(22)12-13-29(23,32-28)26(27)8-7-25(27)20-4-3-19-10-14-30-18-21(19)15-20/h3-4,9-10,14-16,18,24-26H,5-8,11-13,17H2,1-2H3/t24-,25?,26+,27+,28+,29+/m0/s1. The molecule has 3 nitrogen and oxygen atoms in total. The maximum absolute atomic E-state index is 7.32. The van der Waals surface area contributed by atoms with Crippen LogP contribution in [0.1, 0.15) is 69.8 Å². The molecule has 1 saturated heterocycles. The summed E-state index contributed by atoms with van der Waals surface area (Å²) in [6.45, 7) is 2.55. The topological polar surface area (TPSA) is 31.4 Å². The van der Waals surface area contributed by atoms with Crippen LogP contribution in [0, 0.1) is 11.3 Å². The normalized spacial score (nSPS) is 42.1. The van der Waals surface area contributed by atoms with Crippen molar-refractivity contribution in [1.82, 2.24) is 4.98 Å². The van der Waals surface area contributed by atoms with Crippen LogP contribution < -0.4 is 0 Å². The molecule has 32 heavy (non-hydrogen) atoms. The van der Waals surface area contributed by atoms with Crippen LogP contribution in [-0.2, 0) is 9.47 Å². The van der Waals surface area contributed by atoms with Crippen LogP contribution in [0.5, 0.6) is 0 Å². The molecule has 2 saturated carbocycles. The van der Waals surface area contributed by atoms with E-state index in [2.05, 4.69) is 48.3 Å². The first kappa shape index (κ1) is 19.5. The van der Waals surface area contributed by atoms with Gasteiger partial charge in [0.1, 0.15) is 0 Å². The van der Waals surface area contributed by atoms with Crippen LogP contribution in [0.2, 0.25) is 0 Å². The van der Waals surface area contributed by atoms with Gasteiger partial charge in [0.05, 0.1) is 17.3 Å². The summed E-state index contributed by atoms with van der Waals surface area (Å²) in [4.78, 5) is 4.37. The number of allylic oxidation sites excluding steroid dienone is 1. The monoisotopic (exact) mass is 427 g/mol. The van der Waals surface area contributed by atoms with E-state index in [1.165, 1.54) is 41.2 Å². The Bertz CT molecular complexity index is 1170. The van der Waals surface area contributed by atoms with Gasteiger partial charge in [-0.15, -0.1) is 0 Å². The molecule has 3 heterocycles. The second kappa shape index (κ2) is 6.55. The van der Waals surface area contributed by atoms with Crippen molar-refractivity contribution in [3.63, 3.8) is 0 Å². The minimum absolute atomic E-state index is 0.0682. The van der Waals surface area contributed by atoms with E-state index in [1.54, 1.807) is 5.57 Å².